The molecule has 1 heterocycles. The number of benzene rings is 1. The fourth-order valence-corrected chi connectivity index (χ4v) is 2.97. The lowest BCUT2D eigenvalue weighted by atomic mass is 9.95. The van der Waals surface area contributed by atoms with Crippen LogP contribution in [-0.2, 0) is 0 Å². The van der Waals surface area contributed by atoms with Gasteiger partial charge in [0, 0.05) is 31.5 Å². The Kier molecular flexibility index (Phi) is 2.75. The fraction of sp³-hybridized carbons (Fsp3) is 0.538. The molecule has 0 bridgehead atoms. The second-order valence-electron chi connectivity index (χ2n) is 5.19. The zero-order valence-electron chi connectivity index (χ0n) is 9.83. The minimum atomic E-state index is -0.735. The molecule has 1 saturated carbocycles. The molecule has 5 heteroatoms. The highest BCUT2D eigenvalue weighted by atomic mass is 19.1. The number of fused-ring (bicyclic) bond motifs is 1. The predicted octanol–water partition coefficient (Wildman–Crippen LogP) is 1.46. The number of ether oxygens (including phenoxy) is 1. The summed E-state index contributed by atoms with van der Waals surface area (Å²) in [7, 11) is 0. The van der Waals surface area contributed by atoms with Gasteiger partial charge in [0.15, 0.2) is 11.6 Å². The number of hydrogen-bond acceptors (Lipinski definition) is 3. The molecule has 3 atom stereocenters. The first kappa shape index (κ1) is 11.9. The zero-order chi connectivity index (χ0) is 12.8. The number of hydrogen-bond donors (Lipinski definition) is 2. The molecular weight excluding hydrogens is 240 g/mol. The molecule has 3 nitrogen and oxygen atoms in total. The van der Waals surface area contributed by atoms with Crippen molar-refractivity contribution in [3.63, 3.8) is 0 Å². The molecule has 1 aliphatic carbocycles. The van der Waals surface area contributed by atoms with Crippen LogP contribution in [-0.4, -0.2) is 29.9 Å². The molecular formula is C13H15F2NO2. The van der Waals surface area contributed by atoms with Gasteiger partial charge in [-0.1, -0.05) is 0 Å². The minimum absolute atomic E-state index is 0.0536. The molecule has 2 N–H and O–H groups in total. The molecule has 98 valence electrons. The highest BCUT2D eigenvalue weighted by molar-refractivity contribution is 5.25. The Labute approximate surface area is 104 Å². The quantitative estimate of drug-likeness (QED) is 0.840. The summed E-state index contributed by atoms with van der Waals surface area (Å²) in [6, 6.07) is 3.27. The van der Waals surface area contributed by atoms with Gasteiger partial charge < -0.3 is 15.2 Å². The van der Waals surface area contributed by atoms with Gasteiger partial charge in [0.25, 0.3) is 0 Å². The molecule has 0 aromatic heterocycles. The van der Waals surface area contributed by atoms with Crippen molar-refractivity contribution in [2.45, 2.75) is 24.5 Å². The number of halogens is 2. The summed E-state index contributed by atoms with van der Waals surface area (Å²) in [6.07, 6.45) is 0.976. The van der Waals surface area contributed by atoms with Gasteiger partial charge in [0.2, 0.25) is 0 Å². The van der Waals surface area contributed by atoms with Crippen LogP contribution in [0, 0.1) is 17.6 Å². The molecule has 0 radical (unpaired) electrons. The van der Waals surface area contributed by atoms with Crippen LogP contribution >= 0.6 is 0 Å². The van der Waals surface area contributed by atoms with Gasteiger partial charge in [-0.15, -0.1) is 0 Å². The van der Waals surface area contributed by atoms with Gasteiger partial charge in [-0.3, -0.25) is 0 Å². The van der Waals surface area contributed by atoms with E-state index < -0.39 is 17.2 Å². The summed E-state index contributed by atoms with van der Waals surface area (Å²) in [4.78, 5) is 0. The summed E-state index contributed by atoms with van der Waals surface area (Å²) in [5, 5.41) is 13.4. The van der Waals surface area contributed by atoms with E-state index in [9.17, 15) is 13.9 Å². The van der Waals surface area contributed by atoms with Gasteiger partial charge in [-0.05, 0) is 18.6 Å². The largest absolute Gasteiger partial charge is 0.487 e. The van der Waals surface area contributed by atoms with Crippen molar-refractivity contribution in [3.05, 3.63) is 29.8 Å². The van der Waals surface area contributed by atoms with E-state index >= 15 is 0 Å². The second-order valence-corrected chi connectivity index (χ2v) is 5.19. The average Bonchev–Trinajstić information content (AvgIpc) is 2.77. The Morgan fingerprint density at radius 1 is 1.39 bits per heavy atom. The van der Waals surface area contributed by atoms with E-state index in [-0.39, 0.29) is 17.8 Å². The van der Waals surface area contributed by atoms with Crippen LogP contribution in [0.25, 0.3) is 0 Å². The molecule has 3 rings (SSSR count). The zero-order valence-corrected chi connectivity index (χ0v) is 9.83. The van der Waals surface area contributed by atoms with Crippen LogP contribution in [0.3, 0.4) is 0 Å². The monoisotopic (exact) mass is 255 g/mol. The lowest BCUT2D eigenvalue weighted by Gasteiger charge is -2.20. The maximum Gasteiger partial charge on any atom is 0.167 e. The Morgan fingerprint density at radius 3 is 2.94 bits per heavy atom. The molecule has 1 aromatic carbocycles. The predicted molar refractivity (Wildman–Crippen MR) is 61.3 cm³/mol. The smallest absolute Gasteiger partial charge is 0.167 e. The lowest BCUT2D eigenvalue weighted by molar-refractivity contribution is 0.0300. The summed E-state index contributed by atoms with van der Waals surface area (Å²) < 4.78 is 31.7. The van der Waals surface area contributed by atoms with Gasteiger partial charge >= 0.3 is 0 Å². The topological polar surface area (TPSA) is 41.5 Å². The molecule has 1 saturated heterocycles. The van der Waals surface area contributed by atoms with E-state index in [0.717, 1.165) is 12.6 Å². The maximum atomic E-state index is 13.4. The van der Waals surface area contributed by atoms with E-state index in [0.29, 0.717) is 19.4 Å². The molecule has 0 spiro atoms. The number of nitrogens with one attached hydrogen (secondary N) is 1. The Morgan fingerprint density at radius 2 is 2.22 bits per heavy atom. The molecule has 0 unspecified atom stereocenters. The normalized spacial score (nSPS) is 34.6. The third kappa shape index (κ3) is 1.97. The molecule has 2 aliphatic rings. The third-order valence-electron chi connectivity index (χ3n) is 3.90. The van der Waals surface area contributed by atoms with Crippen molar-refractivity contribution < 1.29 is 18.6 Å². The highest BCUT2D eigenvalue weighted by Gasteiger charge is 2.50. The molecule has 1 aliphatic heterocycles. The second kappa shape index (κ2) is 4.17. The lowest BCUT2D eigenvalue weighted by Crippen LogP contribution is -2.34. The molecule has 0 amide bonds. The van der Waals surface area contributed by atoms with Crippen LogP contribution in [0.1, 0.15) is 12.8 Å². The van der Waals surface area contributed by atoms with Crippen molar-refractivity contribution in [2.75, 3.05) is 13.1 Å². The van der Waals surface area contributed by atoms with Crippen molar-refractivity contribution in [1.29, 1.82) is 0 Å². The molecule has 2 fully saturated rings. The Bertz CT molecular complexity index is 468. The summed E-state index contributed by atoms with van der Waals surface area (Å²) in [6.45, 7) is 1.33. The highest BCUT2D eigenvalue weighted by Crippen LogP contribution is 2.40. The van der Waals surface area contributed by atoms with E-state index in [4.69, 9.17) is 4.74 Å². The van der Waals surface area contributed by atoms with E-state index in [1.54, 1.807) is 0 Å². The van der Waals surface area contributed by atoms with Gasteiger partial charge in [-0.2, -0.15) is 0 Å². The van der Waals surface area contributed by atoms with Gasteiger partial charge in [0.1, 0.15) is 11.9 Å². The van der Waals surface area contributed by atoms with E-state index in [2.05, 4.69) is 5.32 Å². The van der Waals surface area contributed by atoms with Crippen LogP contribution in [0.4, 0.5) is 8.78 Å². The molecule has 18 heavy (non-hydrogen) atoms. The number of rotatable bonds is 2. The van der Waals surface area contributed by atoms with Crippen molar-refractivity contribution in [2.24, 2.45) is 5.92 Å². The average molecular weight is 255 g/mol. The maximum absolute atomic E-state index is 13.4. The van der Waals surface area contributed by atoms with Crippen LogP contribution < -0.4 is 10.1 Å². The first-order valence-corrected chi connectivity index (χ1v) is 6.12. The SMILES string of the molecule is O[C@]12CNC[C@H]1C[C@H](Oc1ccc(F)cc1F)C2. The Hall–Kier alpha value is -1.20. The van der Waals surface area contributed by atoms with Crippen molar-refractivity contribution in [1.82, 2.24) is 5.32 Å². The first-order valence-electron chi connectivity index (χ1n) is 6.12. The van der Waals surface area contributed by atoms with Crippen LogP contribution in [0.5, 0.6) is 5.75 Å². The van der Waals surface area contributed by atoms with Crippen LogP contribution in [0.2, 0.25) is 0 Å². The van der Waals surface area contributed by atoms with Crippen LogP contribution in [0.15, 0.2) is 18.2 Å². The summed E-state index contributed by atoms with van der Waals surface area (Å²) in [5.74, 6) is -1.10. The Balaban J connectivity index is 1.71. The van der Waals surface area contributed by atoms with Gasteiger partial charge in [-0.25, -0.2) is 8.78 Å². The van der Waals surface area contributed by atoms with E-state index in [1.807, 2.05) is 0 Å². The van der Waals surface area contributed by atoms with Gasteiger partial charge in [0.05, 0.1) is 5.60 Å². The van der Waals surface area contributed by atoms with E-state index in [1.165, 1.54) is 12.1 Å². The van der Waals surface area contributed by atoms with Crippen molar-refractivity contribution >= 4 is 0 Å². The standard InChI is InChI=1S/C13H15F2NO2/c14-9-1-2-12(11(15)4-9)18-10-3-8-6-16-7-13(8,17)5-10/h1-2,4,8,10,16-17H,3,5-7H2/t8-,10+,13-/m1/s1. The summed E-state index contributed by atoms with van der Waals surface area (Å²) >= 11 is 0. The summed E-state index contributed by atoms with van der Waals surface area (Å²) in [5.41, 5.74) is -0.735. The van der Waals surface area contributed by atoms with Crippen molar-refractivity contribution in [3.8, 4) is 5.75 Å². The number of β-amino-alcohol motifs (C(OH)–C–C–N with tert-alkyl or cyclic N) is 1. The third-order valence-corrected chi connectivity index (χ3v) is 3.90. The first-order chi connectivity index (χ1) is 8.57. The number of aliphatic hydroxyl groups is 1. The fourth-order valence-electron chi connectivity index (χ4n) is 2.97. The molecule has 1 aromatic rings. The minimum Gasteiger partial charge on any atom is -0.487 e.